The zero-order valence-electron chi connectivity index (χ0n) is 10.4. The molecule has 2 aromatic rings. The van der Waals surface area contributed by atoms with E-state index in [0.29, 0.717) is 6.54 Å². The molecule has 18 heavy (non-hydrogen) atoms. The van der Waals surface area contributed by atoms with Gasteiger partial charge in [-0.25, -0.2) is 4.98 Å². The van der Waals surface area contributed by atoms with Gasteiger partial charge in [-0.3, -0.25) is 9.59 Å². The molecule has 2 N–H and O–H groups in total. The number of aromatic nitrogens is 2. The van der Waals surface area contributed by atoms with Crippen LogP contribution in [0.1, 0.15) is 24.7 Å². The van der Waals surface area contributed by atoms with E-state index in [-0.39, 0.29) is 18.1 Å². The van der Waals surface area contributed by atoms with E-state index in [1.165, 1.54) is 6.92 Å². The smallest absolute Gasteiger partial charge is 0.227 e. The van der Waals surface area contributed by atoms with E-state index >= 15 is 0 Å². The number of aryl methyl sites for hydroxylation is 1. The van der Waals surface area contributed by atoms with Gasteiger partial charge in [0.1, 0.15) is 11.6 Å². The summed E-state index contributed by atoms with van der Waals surface area (Å²) in [5, 5.41) is 2.71. The van der Waals surface area contributed by atoms with Gasteiger partial charge in [0.15, 0.2) is 0 Å². The summed E-state index contributed by atoms with van der Waals surface area (Å²) in [5.74, 6) is 0.485. The molecule has 0 radical (unpaired) electrons. The average Bonchev–Trinajstić information content (AvgIpc) is 2.64. The Balaban J connectivity index is 2.03. The van der Waals surface area contributed by atoms with Gasteiger partial charge in [-0.05, 0) is 31.5 Å². The Bertz CT molecular complexity index is 601. The van der Waals surface area contributed by atoms with E-state index in [9.17, 15) is 9.59 Å². The number of aromatic amines is 1. The Morgan fingerprint density at radius 2 is 2.17 bits per heavy atom. The number of imidazole rings is 1. The van der Waals surface area contributed by atoms with Crippen molar-refractivity contribution in [2.24, 2.45) is 0 Å². The highest BCUT2D eigenvalue weighted by Crippen LogP contribution is 2.13. The fourth-order valence-electron chi connectivity index (χ4n) is 1.78. The Morgan fingerprint density at radius 3 is 2.89 bits per heavy atom. The maximum Gasteiger partial charge on any atom is 0.227 e. The van der Waals surface area contributed by atoms with Crippen LogP contribution >= 0.6 is 0 Å². The van der Waals surface area contributed by atoms with Gasteiger partial charge in [0.2, 0.25) is 5.91 Å². The first kappa shape index (κ1) is 12.3. The molecular weight excluding hydrogens is 230 g/mol. The molecule has 94 valence electrons. The van der Waals surface area contributed by atoms with E-state index in [1.54, 1.807) is 0 Å². The first-order chi connectivity index (χ1) is 8.54. The van der Waals surface area contributed by atoms with Crippen LogP contribution in [0.5, 0.6) is 0 Å². The number of nitrogens with zero attached hydrogens (tertiary/aromatic N) is 1. The molecule has 0 aliphatic heterocycles. The van der Waals surface area contributed by atoms with Crippen molar-refractivity contribution in [3.05, 3.63) is 29.6 Å². The third-order valence-electron chi connectivity index (χ3n) is 2.56. The Morgan fingerprint density at radius 1 is 1.39 bits per heavy atom. The van der Waals surface area contributed by atoms with Crippen LogP contribution in [0, 0.1) is 6.92 Å². The van der Waals surface area contributed by atoms with Gasteiger partial charge in [-0.15, -0.1) is 0 Å². The largest absolute Gasteiger partial charge is 0.352 e. The number of H-pyrrole nitrogens is 1. The van der Waals surface area contributed by atoms with Crippen LogP contribution < -0.4 is 5.32 Å². The molecule has 2 rings (SSSR count). The third kappa shape index (κ3) is 2.94. The van der Waals surface area contributed by atoms with Crippen LogP contribution in [0.25, 0.3) is 11.0 Å². The molecule has 0 atom stereocenters. The number of fused-ring (bicyclic) bond motifs is 1. The van der Waals surface area contributed by atoms with Crippen molar-refractivity contribution in [3.63, 3.8) is 0 Å². The van der Waals surface area contributed by atoms with Crippen molar-refractivity contribution in [3.8, 4) is 0 Å². The van der Waals surface area contributed by atoms with Crippen LogP contribution in [0.15, 0.2) is 18.2 Å². The average molecular weight is 245 g/mol. The predicted molar refractivity (Wildman–Crippen MR) is 68.0 cm³/mol. The number of ketones is 1. The number of carbonyl (C=O) groups is 2. The molecule has 0 spiro atoms. The number of nitrogens with one attached hydrogen (secondary N) is 2. The topological polar surface area (TPSA) is 74.8 Å². The molecule has 0 aliphatic rings. The molecule has 0 saturated heterocycles. The van der Waals surface area contributed by atoms with Crippen LogP contribution in [0.4, 0.5) is 0 Å². The lowest BCUT2D eigenvalue weighted by molar-refractivity contribution is -0.127. The van der Waals surface area contributed by atoms with Crippen LogP contribution in [0.3, 0.4) is 0 Å². The summed E-state index contributed by atoms with van der Waals surface area (Å²) < 4.78 is 0. The molecular formula is C13H15N3O2. The molecule has 1 aromatic heterocycles. The normalized spacial score (nSPS) is 10.6. The Labute approximate surface area is 105 Å². The second-order valence-corrected chi connectivity index (χ2v) is 4.33. The molecule has 1 aromatic carbocycles. The summed E-state index contributed by atoms with van der Waals surface area (Å²) in [6.07, 6.45) is -0.0641. The monoisotopic (exact) mass is 245 g/mol. The van der Waals surface area contributed by atoms with E-state index < -0.39 is 0 Å². The van der Waals surface area contributed by atoms with Crippen molar-refractivity contribution in [1.82, 2.24) is 15.3 Å². The SMILES string of the molecule is CC(=O)CC(=O)NCc1ccc2nc(C)[nH]c2c1. The van der Waals surface area contributed by atoms with Gasteiger partial charge < -0.3 is 10.3 Å². The van der Waals surface area contributed by atoms with E-state index in [2.05, 4.69) is 15.3 Å². The molecule has 0 aliphatic carbocycles. The van der Waals surface area contributed by atoms with Gasteiger partial charge in [0.25, 0.3) is 0 Å². The predicted octanol–water partition coefficient (Wildman–Crippen LogP) is 1.47. The molecule has 1 amide bonds. The highest BCUT2D eigenvalue weighted by molar-refractivity contribution is 5.96. The highest BCUT2D eigenvalue weighted by Gasteiger charge is 2.05. The minimum atomic E-state index is -0.247. The van der Waals surface area contributed by atoms with Gasteiger partial charge in [-0.2, -0.15) is 0 Å². The highest BCUT2D eigenvalue weighted by atomic mass is 16.2. The van der Waals surface area contributed by atoms with Crippen molar-refractivity contribution in [2.75, 3.05) is 0 Å². The van der Waals surface area contributed by atoms with E-state index in [4.69, 9.17) is 0 Å². The minimum absolute atomic E-state index is 0.0641. The molecule has 0 unspecified atom stereocenters. The zero-order valence-corrected chi connectivity index (χ0v) is 10.4. The quantitative estimate of drug-likeness (QED) is 0.801. The van der Waals surface area contributed by atoms with Crippen molar-refractivity contribution < 1.29 is 9.59 Å². The molecule has 5 nitrogen and oxygen atoms in total. The standard InChI is InChI=1S/C13H15N3O2/c1-8(17)5-13(18)14-7-10-3-4-11-12(6-10)16-9(2)15-11/h3-4,6H,5,7H2,1-2H3,(H,14,18)(H,15,16). The third-order valence-corrected chi connectivity index (χ3v) is 2.56. The number of carbonyl (C=O) groups excluding carboxylic acids is 2. The van der Waals surface area contributed by atoms with E-state index in [1.807, 2.05) is 25.1 Å². The van der Waals surface area contributed by atoms with Crippen LogP contribution in [0.2, 0.25) is 0 Å². The van der Waals surface area contributed by atoms with Gasteiger partial charge in [0.05, 0.1) is 17.5 Å². The first-order valence-corrected chi connectivity index (χ1v) is 5.76. The number of hydrogen-bond donors (Lipinski definition) is 2. The van der Waals surface area contributed by atoms with Gasteiger partial charge >= 0.3 is 0 Å². The van der Waals surface area contributed by atoms with Crippen LogP contribution in [-0.4, -0.2) is 21.7 Å². The number of rotatable bonds is 4. The molecule has 0 bridgehead atoms. The number of Topliss-reactive ketones (excluding diaryl/α,β-unsaturated/α-hetero) is 1. The summed E-state index contributed by atoms with van der Waals surface area (Å²) in [5.41, 5.74) is 2.83. The first-order valence-electron chi connectivity index (χ1n) is 5.76. The summed E-state index contributed by atoms with van der Waals surface area (Å²) in [7, 11) is 0. The second-order valence-electron chi connectivity index (χ2n) is 4.33. The lowest BCUT2D eigenvalue weighted by Crippen LogP contribution is -2.24. The summed E-state index contributed by atoms with van der Waals surface area (Å²) in [6.45, 7) is 3.72. The lowest BCUT2D eigenvalue weighted by atomic mass is 10.2. The Hall–Kier alpha value is -2.17. The van der Waals surface area contributed by atoms with Crippen molar-refractivity contribution in [2.45, 2.75) is 26.8 Å². The fraction of sp³-hybridized carbons (Fsp3) is 0.308. The molecule has 5 heteroatoms. The number of amides is 1. The zero-order chi connectivity index (χ0) is 13.1. The lowest BCUT2D eigenvalue weighted by Gasteiger charge is -2.03. The van der Waals surface area contributed by atoms with Crippen molar-refractivity contribution in [1.29, 1.82) is 0 Å². The van der Waals surface area contributed by atoms with Gasteiger partial charge in [0, 0.05) is 6.54 Å². The maximum absolute atomic E-state index is 11.3. The second kappa shape index (κ2) is 5.00. The van der Waals surface area contributed by atoms with Crippen molar-refractivity contribution >= 4 is 22.7 Å². The van der Waals surface area contributed by atoms with Crippen LogP contribution in [-0.2, 0) is 16.1 Å². The maximum atomic E-state index is 11.3. The molecule has 0 saturated carbocycles. The van der Waals surface area contributed by atoms with E-state index in [0.717, 1.165) is 22.4 Å². The number of hydrogen-bond acceptors (Lipinski definition) is 3. The molecule has 0 fully saturated rings. The summed E-state index contributed by atoms with van der Waals surface area (Å²) in [4.78, 5) is 29.6. The Kier molecular flexibility index (Phi) is 3.41. The molecule has 1 heterocycles. The minimum Gasteiger partial charge on any atom is -0.352 e. The summed E-state index contributed by atoms with van der Waals surface area (Å²) in [6, 6.07) is 5.77. The fourth-order valence-corrected chi connectivity index (χ4v) is 1.78. The number of benzene rings is 1. The van der Waals surface area contributed by atoms with Gasteiger partial charge in [-0.1, -0.05) is 6.07 Å². The summed E-state index contributed by atoms with van der Waals surface area (Å²) >= 11 is 0.